The lowest BCUT2D eigenvalue weighted by atomic mass is 9.76. The first-order valence-electron chi connectivity index (χ1n) is 7.56. The zero-order valence-corrected chi connectivity index (χ0v) is 12.8. The summed E-state index contributed by atoms with van der Waals surface area (Å²) < 4.78 is 5.61. The fourth-order valence-corrected chi connectivity index (χ4v) is 2.68. The minimum atomic E-state index is -1.10. The van der Waals surface area contributed by atoms with E-state index in [1.807, 2.05) is 30.3 Å². The fraction of sp³-hybridized carbons (Fsp3) is 0.353. The quantitative estimate of drug-likeness (QED) is 0.883. The van der Waals surface area contributed by atoms with E-state index in [2.05, 4.69) is 10.3 Å². The molecule has 2 aromatic rings. The van der Waals surface area contributed by atoms with Gasteiger partial charge in [-0.2, -0.15) is 0 Å². The Kier molecular flexibility index (Phi) is 3.90. The van der Waals surface area contributed by atoms with E-state index < -0.39 is 11.5 Å². The number of carboxylic acid groups (broad SMARTS) is 1. The molecule has 6 heteroatoms. The Hall–Kier alpha value is -2.63. The molecule has 1 fully saturated rings. The van der Waals surface area contributed by atoms with Crippen LogP contribution >= 0.6 is 0 Å². The van der Waals surface area contributed by atoms with Crippen LogP contribution in [0, 0.1) is 6.92 Å². The molecule has 0 bridgehead atoms. The van der Waals surface area contributed by atoms with Gasteiger partial charge in [0.1, 0.15) is 11.3 Å². The first-order chi connectivity index (χ1) is 11.0. The number of carbonyl (C=O) groups is 2. The van der Waals surface area contributed by atoms with Crippen LogP contribution in [0.25, 0.3) is 11.5 Å². The monoisotopic (exact) mass is 314 g/mol. The molecular formula is C17H18N2O4. The van der Waals surface area contributed by atoms with Crippen LogP contribution in [0.3, 0.4) is 0 Å². The van der Waals surface area contributed by atoms with Crippen LogP contribution < -0.4 is 5.32 Å². The Bertz CT molecular complexity index is 732. The maximum Gasteiger partial charge on any atom is 0.329 e. The second kappa shape index (κ2) is 5.87. The van der Waals surface area contributed by atoms with Crippen LogP contribution in [-0.2, 0) is 16.0 Å². The molecule has 3 rings (SSSR count). The van der Waals surface area contributed by atoms with Gasteiger partial charge in [0.25, 0.3) is 0 Å². The number of carbonyl (C=O) groups excluding carboxylic acids is 1. The van der Waals surface area contributed by atoms with Crippen molar-refractivity contribution in [2.45, 2.75) is 38.1 Å². The molecule has 0 radical (unpaired) electrons. The van der Waals surface area contributed by atoms with E-state index in [1.165, 1.54) is 0 Å². The highest BCUT2D eigenvalue weighted by molar-refractivity contribution is 5.88. The van der Waals surface area contributed by atoms with Gasteiger partial charge in [0.2, 0.25) is 11.8 Å². The molecule has 23 heavy (non-hydrogen) atoms. The summed E-state index contributed by atoms with van der Waals surface area (Å²) in [5, 5.41) is 11.9. The number of aryl methyl sites for hydroxylation is 1. The van der Waals surface area contributed by atoms with Crippen LogP contribution in [-0.4, -0.2) is 27.5 Å². The van der Waals surface area contributed by atoms with Crippen molar-refractivity contribution in [1.29, 1.82) is 0 Å². The zero-order chi connectivity index (χ0) is 16.4. The smallest absolute Gasteiger partial charge is 0.329 e. The number of carboxylic acids is 1. The Morgan fingerprint density at radius 2 is 2.00 bits per heavy atom. The van der Waals surface area contributed by atoms with Crippen LogP contribution in [0.15, 0.2) is 34.7 Å². The number of hydrogen-bond acceptors (Lipinski definition) is 4. The summed E-state index contributed by atoms with van der Waals surface area (Å²) in [6, 6.07) is 9.42. The second-order valence-corrected chi connectivity index (χ2v) is 5.85. The summed E-state index contributed by atoms with van der Waals surface area (Å²) >= 11 is 0. The molecule has 0 saturated heterocycles. The third kappa shape index (κ3) is 2.97. The summed E-state index contributed by atoms with van der Waals surface area (Å²) in [7, 11) is 0. The van der Waals surface area contributed by atoms with Crippen molar-refractivity contribution >= 4 is 11.9 Å². The molecule has 0 aliphatic heterocycles. The fourth-order valence-electron chi connectivity index (χ4n) is 2.68. The number of amides is 1. The lowest BCUT2D eigenvalue weighted by Crippen LogP contribution is -2.59. The molecule has 1 saturated carbocycles. The van der Waals surface area contributed by atoms with Gasteiger partial charge in [-0.05, 0) is 38.3 Å². The van der Waals surface area contributed by atoms with E-state index in [4.69, 9.17) is 4.42 Å². The highest BCUT2D eigenvalue weighted by atomic mass is 16.4. The Labute approximate surface area is 133 Å². The molecule has 1 aliphatic carbocycles. The Morgan fingerprint density at radius 1 is 1.30 bits per heavy atom. The average Bonchev–Trinajstić information content (AvgIpc) is 2.84. The molecule has 6 nitrogen and oxygen atoms in total. The number of hydrogen-bond donors (Lipinski definition) is 2. The van der Waals surface area contributed by atoms with E-state index in [-0.39, 0.29) is 12.3 Å². The van der Waals surface area contributed by atoms with E-state index in [0.29, 0.717) is 30.2 Å². The maximum absolute atomic E-state index is 12.2. The minimum absolute atomic E-state index is 0.0111. The van der Waals surface area contributed by atoms with Crippen molar-refractivity contribution in [2.24, 2.45) is 0 Å². The van der Waals surface area contributed by atoms with Crippen molar-refractivity contribution in [3.63, 3.8) is 0 Å². The topological polar surface area (TPSA) is 92.4 Å². The van der Waals surface area contributed by atoms with Gasteiger partial charge in [-0.15, -0.1) is 0 Å². The predicted molar refractivity (Wildman–Crippen MR) is 82.7 cm³/mol. The van der Waals surface area contributed by atoms with Crippen LogP contribution in [0.1, 0.15) is 30.7 Å². The zero-order valence-electron chi connectivity index (χ0n) is 12.8. The molecule has 0 unspecified atom stereocenters. The highest BCUT2D eigenvalue weighted by Crippen LogP contribution is 2.32. The van der Waals surface area contributed by atoms with E-state index >= 15 is 0 Å². The van der Waals surface area contributed by atoms with Gasteiger partial charge in [0.15, 0.2) is 0 Å². The molecule has 0 spiro atoms. The largest absolute Gasteiger partial charge is 0.480 e. The lowest BCUT2D eigenvalue weighted by molar-refractivity contribution is -0.151. The van der Waals surface area contributed by atoms with Gasteiger partial charge in [0.05, 0.1) is 12.1 Å². The molecule has 1 heterocycles. The lowest BCUT2D eigenvalue weighted by Gasteiger charge is -2.38. The van der Waals surface area contributed by atoms with E-state index in [0.717, 1.165) is 12.0 Å². The highest BCUT2D eigenvalue weighted by Gasteiger charge is 2.45. The predicted octanol–water partition coefficient (Wildman–Crippen LogP) is 2.32. The van der Waals surface area contributed by atoms with Gasteiger partial charge in [-0.3, -0.25) is 4.79 Å². The minimum Gasteiger partial charge on any atom is -0.480 e. The number of oxazole rings is 1. The molecule has 1 amide bonds. The summed E-state index contributed by atoms with van der Waals surface area (Å²) in [6.07, 6.45) is 1.77. The third-order valence-electron chi connectivity index (χ3n) is 4.24. The van der Waals surface area contributed by atoms with E-state index in [1.54, 1.807) is 6.92 Å². The van der Waals surface area contributed by atoms with Crippen molar-refractivity contribution in [3.05, 3.63) is 41.8 Å². The number of nitrogens with zero attached hydrogens (tertiary/aromatic N) is 1. The average molecular weight is 314 g/mol. The normalized spacial score (nSPS) is 15.7. The standard InChI is InChI=1S/C17H18N2O4/c1-11-13(18-15(23-11)12-6-3-2-4-7-12)10-14(20)19-17(16(21)22)8-5-9-17/h2-4,6-7H,5,8-10H2,1H3,(H,19,20)(H,21,22). The number of nitrogens with one attached hydrogen (secondary N) is 1. The van der Waals surface area contributed by atoms with Crippen molar-refractivity contribution < 1.29 is 19.1 Å². The number of rotatable bonds is 5. The SMILES string of the molecule is Cc1oc(-c2ccccc2)nc1CC(=O)NC1(C(=O)O)CCC1. The van der Waals surface area contributed by atoms with Gasteiger partial charge in [-0.1, -0.05) is 18.2 Å². The first-order valence-corrected chi connectivity index (χ1v) is 7.56. The van der Waals surface area contributed by atoms with Crippen molar-refractivity contribution in [3.8, 4) is 11.5 Å². The number of aliphatic carboxylic acids is 1. The Morgan fingerprint density at radius 3 is 2.57 bits per heavy atom. The Balaban J connectivity index is 1.72. The van der Waals surface area contributed by atoms with Crippen LogP contribution in [0.5, 0.6) is 0 Å². The molecule has 1 aromatic carbocycles. The summed E-state index contributed by atoms with van der Waals surface area (Å²) in [5.74, 6) is -0.290. The number of aromatic nitrogens is 1. The maximum atomic E-state index is 12.2. The first kappa shape index (κ1) is 15.3. The van der Waals surface area contributed by atoms with Gasteiger partial charge < -0.3 is 14.8 Å². The van der Waals surface area contributed by atoms with Gasteiger partial charge in [0, 0.05) is 5.56 Å². The number of benzene rings is 1. The van der Waals surface area contributed by atoms with E-state index in [9.17, 15) is 14.7 Å². The van der Waals surface area contributed by atoms with Crippen molar-refractivity contribution in [1.82, 2.24) is 10.3 Å². The molecule has 120 valence electrons. The summed E-state index contributed by atoms with van der Waals surface area (Å²) in [4.78, 5) is 27.8. The van der Waals surface area contributed by atoms with Crippen LogP contribution in [0.4, 0.5) is 0 Å². The molecule has 1 aromatic heterocycles. The summed E-state index contributed by atoms with van der Waals surface area (Å²) in [5.41, 5.74) is 0.265. The molecular weight excluding hydrogens is 296 g/mol. The van der Waals surface area contributed by atoms with Crippen LogP contribution in [0.2, 0.25) is 0 Å². The third-order valence-corrected chi connectivity index (χ3v) is 4.24. The van der Waals surface area contributed by atoms with Crippen molar-refractivity contribution in [2.75, 3.05) is 0 Å². The van der Waals surface area contributed by atoms with Gasteiger partial charge in [-0.25, -0.2) is 9.78 Å². The summed E-state index contributed by atoms with van der Waals surface area (Å²) in [6.45, 7) is 1.75. The molecule has 1 aliphatic rings. The molecule has 2 N–H and O–H groups in total. The second-order valence-electron chi connectivity index (χ2n) is 5.85. The molecule has 0 atom stereocenters. The van der Waals surface area contributed by atoms with Gasteiger partial charge >= 0.3 is 5.97 Å².